The Hall–Kier alpha value is -2.08. The minimum absolute atomic E-state index is 0.183. The van der Waals surface area contributed by atoms with Gasteiger partial charge in [0.05, 0.1) is 12.1 Å². The molecule has 0 radical (unpaired) electrons. The first-order valence-electron chi connectivity index (χ1n) is 7.06. The Morgan fingerprint density at radius 3 is 2.52 bits per heavy atom. The predicted octanol–water partition coefficient (Wildman–Crippen LogP) is 0.584. The van der Waals surface area contributed by atoms with Gasteiger partial charge in [0, 0.05) is 5.56 Å². The van der Waals surface area contributed by atoms with E-state index in [1.807, 2.05) is 0 Å². The molecule has 6 nitrogen and oxygen atoms in total. The van der Waals surface area contributed by atoms with Crippen LogP contribution in [0.15, 0.2) is 24.3 Å². The van der Waals surface area contributed by atoms with Crippen LogP contribution in [0.25, 0.3) is 0 Å². The number of carbonyl (C=O) groups excluding carboxylic acids is 2. The molecule has 1 saturated carbocycles. The van der Waals surface area contributed by atoms with Gasteiger partial charge in [-0.05, 0) is 37.1 Å². The Kier molecular flexibility index (Phi) is 5.16. The van der Waals surface area contributed by atoms with Crippen LogP contribution in [0.4, 0.5) is 0 Å². The highest BCUT2D eigenvalue weighted by Gasteiger charge is 2.24. The summed E-state index contributed by atoms with van der Waals surface area (Å²) in [4.78, 5) is 22.7. The zero-order valence-electron chi connectivity index (χ0n) is 11.7. The molecule has 0 unspecified atom stereocenters. The number of hydrogen-bond donors (Lipinski definition) is 3. The lowest BCUT2D eigenvalue weighted by molar-refractivity contribution is -0.119. The number of nitrogens with one attached hydrogen (secondary N) is 1. The van der Waals surface area contributed by atoms with Crippen molar-refractivity contribution >= 4 is 11.8 Å². The molecule has 0 aromatic heterocycles. The van der Waals surface area contributed by atoms with Gasteiger partial charge in [-0.2, -0.15) is 0 Å². The standard InChI is InChI=1S/C15H20N2O4/c16-14(19)9-21-11-7-5-10(6-8-11)15(20)17-12-3-1-2-4-13(12)18/h5-8,12-13,18H,1-4,9H2,(H2,16,19)(H,17,20)/t12-,13-/m1/s1. The number of amides is 2. The van der Waals surface area contributed by atoms with Crippen molar-refractivity contribution in [3.8, 4) is 5.75 Å². The normalized spacial score (nSPS) is 21.6. The number of aliphatic hydroxyl groups excluding tert-OH is 1. The second-order valence-corrected chi connectivity index (χ2v) is 5.21. The fourth-order valence-electron chi connectivity index (χ4n) is 2.39. The van der Waals surface area contributed by atoms with Gasteiger partial charge in [0.1, 0.15) is 5.75 Å². The Morgan fingerprint density at radius 1 is 1.24 bits per heavy atom. The summed E-state index contributed by atoms with van der Waals surface area (Å²) < 4.78 is 5.12. The van der Waals surface area contributed by atoms with E-state index < -0.39 is 12.0 Å². The van der Waals surface area contributed by atoms with E-state index in [1.54, 1.807) is 24.3 Å². The molecule has 1 aromatic carbocycles. The highest BCUT2D eigenvalue weighted by atomic mass is 16.5. The lowest BCUT2D eigenvalue weighted by Gasteiger charge is -2.28. The first-order chi connectivity index (χ1) is 10.1. The number of hydrogen-bond acceptors (Lipinski definition) is 4. The molecule has 21 heavy (non-hydrogen) atoms. The van der Waals surface area contributed by atoms with Gasteiger partial charge in [-0.1, -0.05) is 12.8 Å². The number of benzene rings is 1. The van der Waals surface area contributed by atoms with Crippen LogP contribution in [-0.2, 0) is 4.79 Å². The summed E-state index contributed by atoms with van der Waals surface area (Å²) in [7, 11) is 0. The molecule has 0 heterocycles. The zero-order valence-corrected chi connectivity index (χ0v) is 11.7. The molecule has 2 atom stereocenters. The topological polar surface area (TPSA) is 102 Å². The van der Waals surface area contributed by atoms with E-state index in [9.17, 15) is 14.7 Å². The molecular weight excluding hydrogens is 272 g/mol. The SMILES string of the molecule is NC(=O)COc1ccc(C(=O)N[C@@H]2CCCC[C@H]2O)cc1. The molecule has 0 aliphatic heterocycles. The molecular formula is C15H20N2O4. The molecule has 1 aliphatic rings. The maximum atomic E-state index is 12.1. The Morgan fingerprint density at radius 2 is 1.90 bits per heavy atom. The van der Waals surface area contributed by atoms with Gasteiger partial charge in [-0.3, -0.25) is 9.59 Å². The lowest BCUT2D eigenvalue weighted by Crippen LogP contribution is -2.45. The summed E-state index contributed by atoms with van der Waals surface area (Å²) in [6, 6.07) is 6.25. The second kappa shape index (κ2) is 7.08. The van der Waals surface area contributed by atoms with Gasteiger partial charge in [0.25, 0.3) is 11.8 Å². The van der Waals surface area contributed by atoms with Crippen molar-refractivity contribution < 1.29 is 19.4 Å². The highest BCUT2D eigenvalue weighted by Crippen LogP contribution is 2.19. The molecule has 114 valence electrons. The highest BCUT2D eigenvalue weighted by molar-refractivity contribution is 5.94. The lowest BCUT2D eigenvalue weighted by atomic mass is 9.92. The van der Waals surface area contributed by atoms with Crippen molar-refractivity contribution in [3.05, 3.63) is 29.8 Å². The molecule has 0 spiro atoms. The van der Waals surface area contributed by atoms with Gasteiger partial charge in [-0.25, -0.2) is 0 Å². The van der Waals surface area contributed by atoms with E-state index in [0.29, 0.717) is 11.3 Å². The van der Waals surface area contributed by atoms with Crippen molar-refractivity contribution in [2.75, 3.05) is 6.61 Å². The summed E-state index contributed by atoms with van der Waals surface area (Å²) in [6.07, 6.45) is 3.07. The van der Waals surface area contributed by atoms with Gasteiger partial charge >= 0.3 is 0 Å². The van der Waals surface area contributed by atoms with Crippen LogP contribution in [0.1, 0.15) is 36.0 Å². The monoisotopic (exact) mass is 292 g/mol. The maximum absolute atomic E-state index is 12.1. The molecule has 1 aliphatic carbocycles. The average molecular weight is 292 g/mol. The number of ether oxygens (including phenoxy) is 1. The zero-order chi connectivity index (χ0) is 15.2. The molecule has 0 bridgehead atoms. The van der Waals surface area contributed by atoms with Gasteiger partial charge < -0.3 is 20.9 Å². The summed E-state index contributed by atoms with van der Waals surface area (Å²) in [6.45, 7) is -0.195. The quantitative estimate of drug-likeness (QED) is 0.739. The van der Waals surface area contributed by atoms with Crippen molar-refractivity contribution in [2.24, 2.45) is 5.73 Å². The summed E-state index contributed by atoms with van der Waals surface area (Å²) in [5, 5.41) is 12.7. The number of primary amides is 1. The van der Waals surface area contributed by atoms with E-state index in [4.69, 9.17) is 10.5 Å². The van der Waals surface area contributed by atoms with Crippen molar-refractivity contribution in [1.82, 2.24) is 5.32 Å². The summed E-state index contributed by atoms with van der Waals surface area (Å²) in [5.41, 5.74) is 5.47. The van der Waals surface area contributed by atoms with E-state index >= 15 is 0 Å². The second-order valence-electron chi connectivity index (χ2n) is 5.21. The largest absolute Gasteiger partial charge is 0.484 e. The molecule has 0 saturated heterocycles. The van der Waals surface area contributed by atoms with E-state index in [0.717, 1.165) is 25.7 Å². The van der Waals surface area contributed by atoms with Crippen molar-refractivity contribution in [1.29, 1.82) is 0 Å². The van der Waals surface area contributed by atoms with Gasteiger partial charge in [0.2, 0.25) is 0 Å². The van der Waals surface area contributed by atoms with Crippen LogP contribution < -0.4 is 15.8 Å². The van der Waals surface area contributed by atoms with E-state index in [-0.39, 0.29) is 18.6 Å². The van der Waals surface area contributed by atoms with Crippen molar-refractivity contribution in [3.63, 3.8) is 0 Å². The van der Waals surface area contributed by atoms with Gasteiger partial charge in [-0.15, -0.1) is 0 Å². The van der Waals surface area contributed by atoms with Crippen LogP contribution in [0.5, 0.6) is 5.75 Å². The predicted molar refractivity (Wildman–Crippen MR) is 76.9 cm³/mol. The van der Waals surface area contributed by atoms with Crippen LogP contribution in [-0.4, -0.2) is 35.7 Å². The van der Waals surface area contributed by atoms with Crippen molar-refractivity contribution in [2.45, 2.75) is 37.8 Å². The Labute approximate surface area is 123 Å². The Bertz CT molecular complexity index is 501. The molecule has 2 rings (SSSR count). The third-order valence-electron chi connectivity index (χ3n) is 3.54. The number of nitrogens with two attached hydrogens (primary N) is 1. The smallest absolute Gasteiger partial charge is 0.255 e. The van der Waals surface area contributed by atoms with E-state index in [1.165, 1.54) is 0 Å². The fourth-order valence-corrected chi connectivity index (χ4v) is 2.39. The number of carbonyl (C=O) groups is 2. The first-order valence-corrected chi connectivity index (χ1v) is 7.06. The molecule has 2 amide bonds. The fraction of sp³-hybridized carbons (Fsp3) is 0.467. The van der Waals surface area contributed by atoms with Crippen LogP contribution in [0.2, 0.25) is 0 Å². The van der Waals surface area contributed by atoms with Crippen LogP contribution in [0, 0.1) is 0 Å². The van der Waals surface area contributed by atoms with Crippen LogP contribution >= 0.6 is 0 Å². The summed E-state index contributed by atoms with van der Waals surface area (Å²) >= 11 is 0. The molecule has 4 N–H and O–H groups in total. The molecule has 6 heteroatoms. The third-order valence-corrected chi connectivity index (χ3v) is 3.54. The molecule has 1 fully saturated rings. The Balaban J connectivity index is 1.91. The minimum atomic E-state index is -0.553. The first kappa shape index (κ1) is 15.3. The number of aliphatic hydroxyl groups is 1. The summed E-state index contributed by atoms with van der Waals surface area (Å²) in [5.74, 6) is -0.298. The molecule has 1 aromatic rings. The van der Waals surface area contributed by atoms with E-state index in [2.05, 4.69) is 5.32 Å². The maximum Gasteiger partial charge on any atom is 0.255 e. The van der Waals surface area contributed by atoms with Gasteiger partial charge in [0.15, 0.2) is 6.61 Å². The minimum Gasteiger partial charge on any atom is -0.484 e. The number of rotatable bonds is 5. The average Bonchev–Trinajstić information content (AvgIpc) is 2.48. The third kappa shape index (κ3) is 4.46. The van der Waals surface area contributed by atoms with Crippen LogP contribution in [0.3, 0.4) is 0 Å².